The highest BCUT2D eigenvalue weighted by Gasteiger charge is 2.00. The molecule has 1 rings (SSSR count). The Hall–Kier alpha value is -0.950. The maximum Gasteiger partial charge on any atom is 0.0484 e. The van der Waals surface area contributed by atoms with Gasteiger partial charge >= 0.3 is 0 Å². The number of hydrogen-bond acceptors (Lipinski definition) is 1. The van der Waals surface area contributed by atoms with Gasteiger partial charge in [-0.1, -0.05) is 36.4 Å². The van der Waals surface area contributed by atoms with Gasteiger partial charge < -0.3 is 5.32 Å². The summed E-state index contributed by atoms with van der Waals surface area (Å²) in [4.78, 5) is 0. The second-order valence-electron chi connectivity index (χ2n) is 2.63. The smallest absolute Gasteiger partial charge is 0.0484 e. The summed E-state index contributed by atoms with van der Waals surface area (Å²) in [5, 5.41) is 3.85. The molecule has 1 N–H and O–H groups in total. The van der Waals surface area contributed by atoms with Crippen molar-refractivity contribution in [1.82, 2.24) is 5.32 Å². The molecule has 0 radical (unpaired) electrons. The Labute approximate surface area is 78.1 Å². The Morgan fingerprint density at radius 3 is 3.00 bits per heavy atom. The summed E-state index contributed by atoms with van der Waals surface area (Å²) in [6.45, 7) is 6.31. The fraction of sp³-hybridized carbons (Fsp3) is 0.200. The summed E-state index contributed by atoms with van der Waals surface area (Å²) >= 11 is 6.05. The summed E-state index contributed by atoms with van der Waals surface area (Å²) in [6, 6.07) is 6.01. The van der Waals surface area contributed by atoms with Crippen LogP contribution in [-0.2, 0) is 6.54 Å². The van der Waals surface area contributed by atoms with Gasteiger partial charge in [-0.2, -0.15) is 0 Å². The molecule has 0 saturated heterocycles. The van der Waals surface area contributed by atoms with Crippen molar-refractivity contribution >= 4 is 11.6 Å². The van der Waals surface area contributed by atoms with Crippen LogP contribution in [0.2, 0.25) is 5.02 Å². The molecule has 2 heteroatoms. The van der Waals surface area contributed by atoms with E-state index in [9.17, 15) is 0 Å². The van der Waals surface area contributed by atoms with Gasteiger partial charge in [-0.05, 0) is 24.3 Å². The lowest BCUT2D eigenvalue weighted by atomic mass is 10.1. The molecule has 1 aromatic carbocycles. The average Bonchev–Trinajstić information content (AvgIpc) is 2.08. The van der Waals surface area contributed by atoms with Gasteiger partial charge in [0.15, 0.2) is 0 Å². The summed E-state index contributed by atoms with van der Waals surface area (Å²) in [5.41, 5.74) is 2.22. The van der Waals surface area contributed by atoms with Crippen LogP contribution < -0.4 is 5.32 Å². The van der Waals surface area contributed by atoms with E-state index in [-0.39, 0.29) is 0 Å². The van der Waals surface area contributed by atoms with Crippen molar-refractivity contribution in [2.75, 3.05) is 0 Å². The average molecular weight is 182 g/mol. The van der Waals surface area contributed by atoms with Crippen molar-refractivity contribution in [2.24, 2.45) is 0 Å². The van der Waals surface area contributed by atoms with Crippen LogP contribution in [0, 0.1) is 6.92 Å². The maximum absolute atomic E-state index is 6.05. The van der Waals surface area contributed by atoms with Crippen molar-refractivity contribution in [3.05, 3.63) is 47.1 Å². The van der Waals surface area contributed by atoms with Gasteiger partial charge in [0.1, 0.15) is 0 Å². The fourth-order valence-electron chi connectivity index (χ4n) is 1.03. The summed E-state index contributed by atoms with van der Waals surface area (Å²) in [6.07, 6.45) is 1.67. The molecule has 0 aliphatic heterocycles. The third-order valence-electron chi connectivity index (χ3n) is 1.71. The molecule has 0 atom stereocenters. The van der Waals surface area contributed by atoms with Gasteiger partial charge in [0.05, 0.1) is 0 Å². The van der Waals surface area contributed by atoms with E-state index >= 15 is 0 Å². The topological polar surface area (TPSA) is 12.0 Å². The van der Waals surface area contributed by atoms with Crippen LogP contribution in [0.25, 0.3) is 0 Å². The molecular weight excluding hydrogens is 170 g/mol. The molecule has 0 fully saturated rings. The van der Waals surface area contributed by atoms with Crippen molar-refractivity contribution in [3.63, 3.8) is 0 Å². The quantitative estimate of drug-likeness (QED) is 0.756. The summed E-state index contributed by atoms with van der Waals surface area (Å²) < 4.78 is 0. The molecular formula is C10H12ClN. The first-order valence-corrected chi connectivity index (χ1v) is 4.21. The molecule has 0 aliphatic rings. The highest BCUT2D eigenvalue weighted by Crippen LogP contribution is 2.19. The Morgan fingerprint density at radius 1 is 1.58 bits per heavy atom. The molecule has 0 heterocycles. The first kappa shape index (κ1) is 9.14. The Morgan fingerprint density at radius 2 is 2.33 bits per heavy atom. The van der Waals surface area contributed by atoms with Gasteiger partial charge in [0, 0.05) is 11.6 Å². The maximum atomic E-state index is 6.05. The predicted molar refractivity (Wildman–Crippen MR) is 53.2 cm³/mol. The molecule has 1 aromatic rings. The molecule has 0 spiro atoms. The van der Waals surface area contributed by atoms with Crippen LogP contribution in [0.1, 0.15) is 11.1 Å². The largest absolute Gasteiger partial charge is 0.387 e. The molecule has 0 unspecified atom stereocenters. The first-order valence-electron chi connectivity index (χ1n) is 3.84. The van der Waals surface area contributed by atoms with E-state index in [1.165, 1.54) is 0 Å². The predicted octanol–water partition coefficient (Wildman–Crippen LogP) is 2.88. The summed E-state index contributed by atoms with van der Waals surface area (Å²) in [5.74, 6) is 0. The van der Waals surface area contributed by atoms with Gasteiger partial charge in [0.2, 0.25) is 0 Å². The number of benzene rings is 1. The second-order valence-corrected chi connectivity index (χ2v) is 3.01. The molecule has 0 bridgehead atoms. The minimum Gasteiger partial charge on any atom is -0.387 e. The molecule has 0 aromatic heterocycles. The van der Waals surface area contributed by atoms with E-state index in [0.29, 0.717) is 0 Å². The monoisotopic (exact) mass is 181 g/mol. The third-order valence-corrected chi connectivity index (χ3v) is 2.25. The lowest BCUT2D eigenvalue weighted by Gasteiger charge is -2.05. The molecule has 0 amide bonds. The van der Waals surface area contributed by atoms with Crippen LogP contribution in [0.5, 0.6) is 0 Å². The SMILES string of the molecule is C=CNCc1cccc(C)c1Cl. The van der Waals surface area contributed by atoms with Gasteiger partial charge in [0.25, 0.3) is 0 Å². The van der Waals surface area contributed by atoms with Crippen LogP contribution in [0.4, 0.5) is 0 Å². The fourth-order valence-corrected chi connectivity index (χ4v) is 1.22. The zero-order chi connectivity index (χ0) is 8.97. The summed E-state index contributed by atoms with van der Waals surface area (Å²) in [7, 11) is 0. The third kappa shape index (κ3) is 2.02. The van der Waals surface area contributed by atoms with E-state index in [0.717, 1.165) is 22.7 Å². The minimum atomic E-state index is 0.740. The Balaban J connectivity index is 2.84. The van der Waals surface area contributed by atoms with E-state index in [1.807, 2.05) is 25.1 Å². The number of rotatable bonds is 3. The number of halogens is 1. The van der Waals surface area contributed by atoms with Crippen LogP contribution >= 0.6 is 11.6 Å². The van der Waals surface area contributed by atoms with E-state index in [1.54, 1.807) is 6.20 Å². The van der Waals surface area contributed by atoms with Crippen LogP contribution in [0.15, 0.2) is 31.0 Å². The standard InChI is InChI=1S/C10H12ClN/c1-3-12-7-9-6-4-5-8(2)10(9)11/h3-6,12H,1,7H2,2H3. The van der Waals surface area contributed by atoms with E-state index in [4.69, 9.17) is 11.6 Å². The molecule has 0 aliphatic carbocycles. The highest BCUT2D eigenvalue weighted by molar-refractivity contribution is 6.32. The van der Waals surface area contributed by atoms with Crippen molar-refractivity contribution < 1.29 is 0 Å². The number of nitrogens with one attached hydrogen (secondary N) is 1. The van der Waals surface area contributed by atoms with Crippen LogP contribution in [-0.4, -0.2) is 0 Å². The first-order chi connectivity index (χ1) is 5.75. The zero-order valence-corrected chi connectivity index (χ0v) is 7.86. The molecule has 12 heavy (non-hydrogen) atoms. The normalized spacial score (nSPS) is 9.50. The molecule has 0 saturated carbocycles. The Kier molecular flexibility index (Phi) is 3.18. The van der Waals surface area contributed by atoms with E-state index in [2.05, 4.69) is 11.9 Å². The highest BCUT2D eigenvalue weighted by atomic mass is 35.5. The molecule has 1 nitrogen and oxygen atoms in total. The minimum absolute atomic E-state index is 0.740. The van der Waals surface area contributed by atoms with E-state index < -0.39 is 0 Å². The zero-order valence-electron chi connectivity index (χ0n) is 7.10. The van der Waals surface area contributed by atoms with Gasteiger partial charge in [-0.3, -0.25) is 0 Å². The number of aryl methyl sites for hydroxylation is 1. The van der Waals surface area contributed by atoms with Gasteiger partial charge in [-0.15, -0.1) is 0 Å². The van der Waals surface area contributed by atoms with Crippen LogP contribution in [0.3, 0.4) is 0 Å². The second kappa shape index (κ2) is 4.17. The van der Waals surface area contributed by atoms with Crippen molar-refractivity contribution in [3.8, 4) is 0 Å². The van der Waals surface area contributed by atoms with Crippen molar-refractivity contribution in [1.29, 1.82) is 0 Å². The number of hydrogen-bond donors (Lipinski definition) is 1. The lowest BCUT2D eigenvalue weighted by molar-refractivity contribution is 0.871. The van der Waals surface area contributed by atoms with Gasteiger partial charge in [-0.25, -0.2) is 0 Å². The Bertz CT molecular complexity index is 281. The van der Waals surface area contributed by atoms with Crippen molar-refractivity contribution in [2.45, 2.75) is 13.5 Å². The molecule has 64 valence electrons. The lowest BCUT2D eigenvalue weighted by Crippen LogP contribution is -2.04.